The molecule has 1 aliphatic heterocycles. The number of nitrogens with zero attached hydrogens (tertiary/aromatic N) is 3. The van der Waals surface area contributed by atoms with Crippen molar-refractivity contribution in [1.82, 2.24) is 14.9 Å². The third kappa shape index (κ3) is 3.15. The normalized spacial score (nSPS) is 21.4. The van der Waals surface area contributed by atoms with Crippen molar-refractivity contribution < 1.29 is 0 Å². The van der Waals surface area contributed by atoms with Crippen LogP contribution in [0.1, 0.15) is 26.7 Å². The van der Waals surface area contributed by atoms with E-state index in [1.54, 1.807) is 24.0 Å². The monoisotopic (exact) mass is 264 g/mol. The van der Waals surface area contributed by atoms with Gasteiger partial charge < -0.3 is 14.8 Å². The zero-order chi connectivity index (χ0) is 13.8. The number of piperidine rings is 1. The molecule has 0 aliphatic carbocycles. The molecule has 1 aliphatic rings. The van der Waals surface area contributed by atoms with Crippen LogP contribution in [0.25, 0.3) is 0 Å². The van der Waals surface area contributed by atoms with E-state index in [0.717, 1.165) is 26.1 Å². The fourth-order valence-corrected chi connectivity index (χ4v) is 2.80. The minimum Gasteiger partial charge on any atom is -0.352 e. The first-order chi connectivity index (χ1) is 9.13. The maximum Gasteiger partial charge on any atom is 0.293 e. The van der Waals surface area contributed by atoms with Gasteiger partial charge in [0, 0.05) is 38.6 Å². The van der Waals surface area contributed by atoms with Crippen LogP contribution in [0, 0.1) is 5.92 Å². The highest BCUT2D eigenvalue weighted by molar-refractivity contribution is 5.36. The van der Waals surface area contributed by atoms with E-state index in [1.807, 2.05) is 0 Å². The molecule has 2 rings (SSSR count). The summed E-state index contributed by atoms with van der Waals surface area (Å²) >= 11 is 0. The van der Waals surface area contributed by atoms with Gasteiger partial charge in [-0.25, -0.2) is 4.98 Å². The van der Waals surface area contributed by atoms with Crippen molar-refractivity contribution in [3.05, 3.63) is 22.7 Å². The summed E-state index contributed by atoms with van der Waals surface area (Å²) in [7, 11) is 1.77. The molecule has 2 heterocycles. The third-order valence-electron chi connectivity index (χ3n) is 3.99. The second-order valence-electron chi connectivity index (χ2n) is 5.36. The average Bonchev–Trinajstić information content (AvgIpc) is 2.42. The molecule has 2 atom stereocenters. The summed E-state index contributed by atoms with van der Waals surface area (Å²) in [6, 6.07) is 0.486. The Morgan fingerprint density at radius 2 is 2.37 bits per heavy atom. The van der Waals surface area contributed by atoms with Gasteiger partial charge in [0.05, 0.1) is 0 Å². The topological polar surface area (TPSA) is 50.2 Å². The van der Waals surface area contributed by atoms with Crippen molar-refractivity contribution in [1.29, 1.82) is 0 Å². The summed E-state index contributed by atoms with van der Waals surface area (Å²) in [6.07, 6.45) is 5.75. The maximum absolute atomic E-state index is 12.1. The maximum atomic E-state index is 12.1. The summed E-state index contributed by atoms with van der Waals surface area (Å²) in [5.74, 6) is 1.18. The molecular weight excluding hydrogens is 240 g/mol. The van der Waals surface area contributed by atoms with Crippen LogP contribution in [-0.4, -0.2) is 35.2 Å². The lowest BCUT2D eigenvalue weighted by Crippen LogP contribution is -2.46. The molecule has 1 fully saturated rings. The smallest absolute Gasteiger partial charge is 0.293 e. The first kappa shape index (κ1) is 14.1. The summed E-state index contributed by atoms with van der Waals surface area (Å²) in [5, 5.41) is 3.48. The number of rotatable bonds is 4. The van der Waals surface area contributed by atoms with Crippen LogP contribution in [0.5, 0.6) is 0 Å². The highest BCUT2D eigenvalue weighted by Gasteiger charge is 2.26. The fourth-order valence-electron chi connectivity index (χ4n) is 2.80. The quantitative estimate of drug-likeness (QED) is 0.881. The number of aryl methyl sites for hydroxylation is 1. The number of nitrogens with one attached hydrogen (secondary N) is 1. The molecule has 5 nitrogen and oxygen atoms in total. The molecule has 0 spiro atoms. The lowest BCUT2D eigenvalue weighted by molar-refractivity contribution is 0.323. The number of hydrogen-bond acceptors (Lipinski definition) is 4. The molecule has 0 saturated carbocycles. The van der Waals surface area contributed by atoms with Gasteiger partial charge in [0.1, 0.15) is 0 Å². The molecule has 0 radical (unpaired) electrons. The summed E-state index contributed by atoms with van der Waals surface area (Å²) in [4.78, 5) is 18.5. The number of anilines is 1. The molecule has 5 heteroatoms. The van der Waals surface area contributed by atoms with Gasteiger partial charge >= 0.3 is 0 Å². The third-order valence-corrected chi connectivity index (χ3v) is 3.99. The molecule has 1 aromatic rings. The molecule has 0 bridgehead atoms. The average molecular weight is 264 g/mol. The van der Waals surface area contributed by atoms with E-state index in [9.17, 15) is 4.79 Å². The van der Waals surface area contributed by atoms with Gasteiger partial charge in [0.2, 0.25) is 0 Å². The SMILES string of the molecule is CCNC(C)C1CCCN(c2nccn(C)c2=O)C1. The van der Waals surface area contributed by atoms with E-state index < -0.39 is 0 Å². The fraction of sp³-hybridized carbons (Fsp3) is 0.714. The molecule has 1 aromatic heterocycles. The van der Waals surface area contributed by atoms with E-state index in [2.05, 4.69) is 29.0 Å². The molecule has 106 valence electrons. The Morgan fingerprint density at radius 3 is 3.11 bits per heavy atom. The van der Waals surface area contributed by atoms with Crippen molar-refractivity contribution in [3.63, 3.8) is 0 Å². The Morgan fingerprint density at radius 1 is 1.58 bits per heavy atom. The van der Waals surface area contributed by atoms with Crippen LogP contribution in [0.15, 0.2) is 17.2 Å². The van der Waals surface area contributed by atoms with Crippen LogP contribution in [0.3, 0.4) is 0 Å². The summed E-state index contributed by atoms with van der Waals surface area (Å²) in [5.41, 5.74) is -0.000691. The predicted molar refractivity (Wildman–Crippen MR) is 77.6 cm³/mol. The van der Waals surface area contributed by atoms with Crippen LogP contribution in [-0.2, 0) is 7.05 Å². The van der Waals surface area contributed by atoms with Crippen molar-refractivity contribution in [2.75, 3.05) is 24.5 Å². The molecule has 0 amide bonds. The highest BCUT2D eigenvalue weighted by atomic mass is 16.1. The Bertz CT molecular complexity index is 471. The molecule has 19 heavy (non-hydrogen) atoms. The van der Waals surface area contributed by atoms with Crippen LogP contribution >= 0.6 is 0 Å². The van der Waals surface area contributed by atoms with Gasteiger partial charge in [-0.3, -0.25) is 4.79 Å². The second kappa shape index (κ2) is 6.19. The first-order valence-corrected chi connectivity index (χ1v) is 7.13. The summed E-state index contributed by atoms with van der Waals surface area (Å²) < 4.78 is 1.60. The van der Waals surface area contributed by atoms with E-state index in [-0.39, 0.29) is 5.56 Å². The van der Waals surface area contributed by atoms with E-state index in [4.69, 9.17) is 0 Å². The van der Waals surface area contributed by atoms with Crippen molar-refractivity contribution in [3.8, 4) is 0 Å². The Labute approximate surface area is 114 Å². The van der Waals surface area contributed by atoms with E-state index in [1.165, 1.54) is 6.42 Å². The van der Waals surface area contributed by atoms with Crippen LogP contribution in [0.4, 0.5) is 5.82 Å². The van der Waals surface area contributed by atoms with Gasteiger partial charge in [-0.2, -0.15) is 0 Å². The van der Waals surface area contributed by atoms with Gasteiger partial charge in [0.25, 0.3) is 5.56 Å². The minimum atomic E-state index is -0.000691. The highest BCUT2D eigenvalue weighted by Crippen LogP contribution is 2.21. The lowest BCUT2D eigenvalue weighted by atomic mass is 9.91. The Kier molecular flexibility index (Phi) is 4.58. The molecule has 1 saturated heterocycles. The second-order valence-corrected chi connectivity index (χ2v) is 5.36. The molecule has 0 aromatic carbocycles. The minimum absolute atomic E-state index is 0.000691. The molecule has 1 N–H and O–H groups in total. The van der Waals surface area contributed by atoms with Crippen molar-refractivity contribution in [2.45, 2.75) is 32.7 Å². The van der Waals surface area contributed by atoms with Crippen molar-refractivity contribution in [2.24, 2.45) is 13.0 Å². The van der Waals surface area contributed by atoms with Gasteiger partial charge in [-0.1, -0.05) is 6.92 Å². The number of aromatic nitrogens is 2. The number of hydrogen-bond donors (Lipinski definition) is 1. The summed E-state index contributed by atoms with van der Waals surface area (Å²) in [6.45, 7) is 7.20. The Balaban J connectivity index is 2.13. The van der Waals surface area contributed by atoms with E-state index in [0.29, 0.717) is 17.8 Å². The zero-order valence-electron chi connectivity index (χ0n) is 12.1. The first-order valence-electron chi connectivity index (χ1n) is 7.13. The van der Waals surface area contributed by atoms with Crippen LogP contribution in [0.2, 0.25) is 0 Å². The molecule has 2 unspecified atom stereocenters. The van der Waals surface area contributed by atoms with Gasteiger partial charge in [-0.05, 0) is 32.2 Å². The molecular formula is C14H24N4O. The lowest BCUT2D eigenvalue weighted by Gasteiger charge is -2.36. The standard InChI is InChI=1S/C14H24N4O/c1-4-15-11(2)12-6-5-8-18(10-12)13-14(19)17(3)9-7-16-13/h7,9,11-12,15H,4-6,8,10H2,1-3H3. The Hall–Kier alpha value is -1.36. The van der Waals surface area contributed by atoms with Gasteiger partial charge in [0.15, 0.2) is 5.82 Å². The van der Waals surface area contributed by atoms with E-state index >= 15 is 0 Å². The predicted octanol–water partition coefficient (Wildman–Crippen LogP) is 0.995. The van der Waals surface area contributed by atoms with Crippen LogP contribution < -0.4 is 15.8 Å². The largest absolute Gasteiger partial charge is 0.352 e. The van der Waals surface area contributed by atoms with Crippen molar-refractivity contribution >= 4 is 5.82 Å². The zero-order valence-corrected chi connectivity index (χ0v) is 12.1. The van der Waals surface area contributed by atoms with Gasteiger partial charge in [-0.15, -0.1) is 0 Å².